The van der Waals surface area contributed by atoms with Gasteiger partial charge in [-0.3, -0.25) is 9.59 Å². The lowest BCUT2D eigenvalue weighted by atomic mass is 9.99. The third-order valence-electron chi connectivity index (χ3n) is 5.33. The first-order valence-electron chi connectivity index (χ1n) is 9.49. The van der Waals surface area contributed by atoms with Gasteiger partial charge in [0.1, 0.15) is 0 Å². The van der Waals surface area contributed by atoms with Gasteiger partial charge in [-0.15, -0.1) is 0 Å². The van der Waals surface area contributed by atoms with Gasteiger partial charge in [0, 0.05) is 47.5 Å². The summed E-state index contributed by atoms with van der Waals surface area (Å²) in [6.45, 7) is 6.46. The van der Waals surface area contributed by atoms with Crippen molar-refractivity contribution in [1.29, 1.82) is 0 Å². The Hall–Kier alpha value is -2.08. The molecule has 0 bridgehead atoms. The molecule has 1 aliphatic rings. The van der Waals surface area contributed by atoms with Gasteiger partial charge < -0.3 is 15.2 Å². The maximum Gasteiger partial charge on any atom is 0.251 e. The third kappa shape index (κ3) is 3.95. The molecule has 144 valence electrons. The van der Waals surface area contributed by atoms with Crippen molar-refractivity contribution in [2.75, 3.05) is 13.1 Å². The van der Waals surface area contributed by atoms with E-state index in [-0.39, 0.29) is 5.91 Å². The first-order chi connectivity index (χ1) is 12.9. The van der Waals surface area contributed by atoms with Gasteiger partial charge in [0.15, 0.2) is 0 Å². The molecular formula is C21H26BrN3O2. The number of likely N-dealkylation sites (tertiary alicyclic amines) is 1. The van der Waals surface area contributed by atoms with Crippen LogP contribution in [0.2, 0.25) is 0 Å². The lowest BCUT2D eigenvalue weighted by Gasteiger charge is -2.17. The van der Waals surface area contributed by atoms with Crippen molar-refractivity contribution in [3.05, 3.63) is 45.7 Å². The number of carbonyl (C=O) groups excluding carboxylic acids is 2. The van der Waals surface area contributed by atoms with E-state index in [2.05, 4.69) is 27.4 Å². The minimum atomic E-state index is -0.395. The summed E-state index contributed by atoms with van der Waals surface area (Å²) >= 11 is 3.46. The molecule has 1 aromatic heterocycles. The number of benzene rings is 1. The van der Waals surface area contributed by atoms with Crippen LogP contribution in [0, 0.1) is 6.92 Å². The number of hydrogen-bond acceptors (Lipinski definition) is 2. The summed E-state index contributed by atoms with van der Waals surface area (Å²) in [6, 6.07) is 7.98. The number of carbonyl (C=O) groups is 2. The number of nitrogens with zero attached hydrogens (tertiary/aromatic N) is 2. The van der Waals surface area contributed by atoms with Crippen molar-refractivity contribution >= 4 is 27.7 Å². The zero-order chi connectivity index (χ0) is 19.6. The average Bonchev–Trinajstić information content (AvgIpc) is 3.17. The van der Waals surface area contributed by atoms with E-state index in [9.17, 15) is 9.59 Å². The Kier molecular flexibility index (Phi) is 6.05. The van der Waals surface area contributed by atoms with Crippen LogP contribution in [-0.2, 0) is 17.8 Å². The fourth-order valence-electron chi connectivity index (χ4n) is 4.06. The number of halogens is 1. The smallest absolute Gasteiger partial charge is 0.251 e. The fraction of sp³-hybridized carbons (Fsp3) is 0.429. The Morgan fingerprint density at radius 3 is 2.48 bits per heavy atom. The van der Waals surface area contributed by atoms with Crippen LogP contribution in [0.1, 0.15) is 47.9 Å². The molecule has 6 heteroatoms. The average molecular weight is 432 g/mol. The summed E-state index contributed by atoms with van der Waals surface area (Å²) in [5.41, 5.74) is 10.3. The molecule has 0 spiro atoms. The van der Waals surface area contributed by atoms with Crippen LogP contribution in [0.15, 0.2) is 28.7 Å². The summed E-state index contributed by atoms with van der Waals surface area (Å²) in [6.07, 6.45) is 3.30. The van der Waals surface area contributed by atoms with Crippen molar-refractivity contribution in [3.63, 3.8) is 0 Å². The molecule has 0 radical (unpaired) electrons. The lowest BCUT2D eigenvalue weighted by molar-refractivity contribution is -0.127. The molecule has 2 N–H and O–H groups in total. The van der Waals surface area contributed by atoms with Crippen LogP contribution in [-0.4, -0.2) is 34.4 Å². The lowest BCUT2D eigenvalue weighted by Crippen LogP contribution is -2.26. The Morgan fingerprint density at radius 1 is 1.22 bits per heavy atom. The molecular weight excluding hydrogens is 406 g/mol. The van der Waals surface area contributed by atoms with Crippen LogP contribution >= 0.6 is 15.9 Å². The van der Waals surface area contributed by atoms with E-state index >= 15 is 0 Å². The molecule has 27 heavy (non-hydrogen) atoms. The van der Waals surface area contributed by atoms with E-state index in [1.54, 1.807) is 0 Å². The highest BCUT2D eigenvalue weighted by Crippen LogP contribution is 2.34. The first-order valence-corrected chi connectivity index (χ1v) is 10.3. The Morgan fingerprint density at radius 2 is 1.93 bits per heavy atom. The maximum atomic E-state index is 12.2. The predicted molar refractivity (Wildman–Crippen MR) is 111 cm³/mol. The van der Waals surface area contributed by atoms with E-state index in [1.807, 2.05) is 36.1 Å². The normalized spacial score (nSPS) is 14.2. The monoisotopic (exact) mass is 431 g/mol. The molecule has 0 unspecified atom stereocenters. The van der Waals surface area contributed by atoms with Gasteiger partial charge in [0.25, 0.3) is 5.91 Å². The van der Waals surface area contributed by atoms with Crippen molar-refractivity contribution in [2.24, 2.45) is 5.73 Å². The van der Waals surface area contributed by atoms with E-state index in [0.29, 0.717) is 12.0 Å². The highest BCUT2D eigenvalue weighted by Gasteiger charge is 2.24. The number of rotatable bonds is 7. The van der Waals surface area contributed by atoms with Gasteiger partial charge in [-0.2, -0.15) is 0 Å². The van der Waals surface area contributed by atoms with E-state index in [1.165, 1.54) is 0 Å². The van der Waals surface area contributed by atoms with E-state index in [0.717, 1.165) is 65.9 Å². The second-order valence-electron chi connectivity index (χ2n) is 7.00. The summed E-state index contributed by atoms with van der Waals surface area (Å²) in [5, 5.41) is 0. The topological polar surface area (TPSA) is 68.3 Å². The van der Waals surface area contributed by atoms with Crippen LogP contribution < -0.4 is 5.73 Å². The molecule has 1 fully saturated rings. The second kappa shape index (κ2) is 8.30. The van der Waals surface area contributed by atoms with Crippen LogP contribution in [0.4, 0.5) is 0 Å². The molecule has 0 aliphatic carbocycles. The molecule has 1 saturated heterocycles. The molecule has 5 nitrogen and oxygen atoms in total. The number of primary amides is 1. The Bertz CT molecular complexity index is 855. The summed E-state index contributed by atoms with van der Waals surface area (Å²) in [5.74, 6) is -0.142. The molecule has 2 heterocycles. The number of nitrogens with two attached hydrogens (primary N) is 1. The number of aromatic nitrogens is 1. The highest BCUT2D eigenvalue weighted by molar-refractivity contribution is 9.10. The first kappa shape index (κ1) is 19.7. The quantitative estimate of drug-likeness (QED) is 0.721. The summed E-state index contributed by atoms with van der Waals surface area (Å²) < 4.78 is 3.20. The van der Waals surface area contributed by atoms with Gasteiger partial charge in [0.05, 0.1) is 5.56 Å². The summed E-state index contributed by atoms with van der Waals surface area (Å²) in [7, 11) is 0. The second-order valence-corrected chi connectivity index (χ2v) is 7.91. The zero-order valence-electron chi connectivity index (χ0n) is 15.9. The van der Waals surface area contributed by atoms with Crippen molar-refractivity contribution in [1.82, 2.24) is 9.47 Å². The minimum Gasteiger partial charge on any atom is -0.366 e. The van der Waals surface area contributed by atoms with E-state index in [4.69, 9.17) is 5.73 Å². The molecule has 2 aromatic rings. The molecule has 2 amide bonds. The predicted octanol–water partition coefficient (Wildman–Crippen LogP) is 3.90. The standard InChI is InChI=1S/C21H26BrN3O2/c1-3-17-20(15-7-9-16(22)10-8-15)19(21(23)27)14(2)25(17)13-5-12-24-11-4-6-18(24)26/h7-10H,3-6,11-13H2,1-2H3,(H2,23,27). The minimum absolute atomic E-state index is 0.253. The van der Waals surface area contributed by atoms with Gasteiger partial charge in [-0.1, -0.05) is 35.0 Å². The molecule has 0 atom stereocenters. The zero-order valence-corrected chi connectivity index (χ0v) is 17.5. The van der Waals surface area contributed by atoms with Gasteiger partial charge in [-0.25, -0.2) is 0 Å². The number of hydrogen-bond donors (Lipinski definition) is 1. The Labute approximate surface area is 168 Å². The van der Waals surface area contributed by atoms with Gasteiger partial charge in [0.2, 0.25) is 5.91 Å². The van der Waals surface area contributed by atoms with Crippen molar-refractivity contribution in [2.45, 2.75) is 46.1 Å². The van der Waals surface area contributed by atoms with Crippen molar-refractivity contribution < 1.29 is 9.59 Å². The molecule has 3 rings (SSSR count). The van der Waals surface area contributed by atoms with Crippen LogP contribution in [0.5, 0.6) is 0 Å². The Balaban J connectivity index is 1.93. The highest BCUT2D eigenvalue weighted by atomic mass is 79.9. The number of amides is 2. The fourth-order valence-corrected chi connectivity index (χ4v) is 4.32. The van der Waals surface area contributed by atoms with Gasteiger partial charge in [-0.05, 0) is 43.9 Å². The third-order valence-corrected chi connectivity index (χ3v) is 5.86. The summed E-state index contributed by atoms with van der Waals surface area (Å²) in [4.78, 5) is 26.0. The molecule has 1 aliphatic heterocycles. The van der Waals surface area contributed by atoms with Crippen molar-refractivity contribution in [3.8, 4) is 11.1 Å². The molecule has 0 saturated carbocycles. The van der Waals surface area contributed by atoms with Gasteiger partial charge >= 0.3 is 0 Å². The molecule has 1 aromatic carbocycles. The maximum absolute atomic E-state index is 12.2. The SMILES string of the molecule is CCc1c(-c2ccc(Br)cc2)c(C(N)=O)c(C)n1CCCN1CCCC1=O. The van der Waals surface area contributed by atoms with Crippen LogP contribution in [0.25, 0.3) is 11.1 Å². The van der Waals surface area contributed by atoms with E-state index < -0.39 is 5.91 Å². The largest absolute Gasteiger partial charge is 0.366 e. The van der Waals surface area contributed by atoms with Crippen LogP contribution in [0.3, 0.4) is 0 Å².